The normalized spacial score (nSPS) is 28.3. The van der Waals surface area contributed by atoms with Gasteiger partial charge in [-0.3, -0.25) is 9.69 Å². The van der Waals surface area contributed by atoms with Crippen LogP contribution in [0.4, 0.5) is 0 Å². The Bertz CT molecular complexity index is 602. The Kier molecular flexibility index (Phi) is 6.89. The van der Waals surface area contributed by atoms with Gasteiger partial charge in [0.2, 0.25) is 5.91 Å². The van der Waals surface area contributed by atoms with E-state index in [0.717, 1.165) is 48.9 Å². The zero-order valence-corrected chi connectivity index (χ0v) is 17.4. The number of rotatable bonds is 5. The highest BCUT2D eigenvalue weighted by Crippen LogP contribution is 2.29. The summed E-state index contributed by atoms with van der Waals surface area (Å²) < 4.78 is 5.83. The van der Waals surface area contributed by atoms with Gasteiger partial charge in [0.25, 0.3) is 0 Å². The molecule has 0 bridgehead atoms. The first-order valence-corrected chi connectivity index (χ1v) is 10.8. The molecule has 1 amide bonds. The smallest absolute Gasteiger partial charge is 0.236 e. The number of benzene rings is 1. The number of nitrogens with zero attached hydrogens (tertiary/aromatic N) is 2. The molecule has 144 valence electrons. The van der Waals surface area contributed by atoms with Gasteiger partial charge in [-0.1, -0.05) is 11.6 Å². The van der Waals surface area contributed by atoms with Gasteiger partial charge in [-0.25, -0.2) is 0 Å². The van der Waals surface area contributed by atoms with Crippen LogP contribution in [0, 0.1) is 0 Å². The van der Waals surface area contributed by atoms with E-state index >= 15 is 0 Å². The molecule has 0 radical (unpaired) electrons. The van der Waals surface area contributed by atoms with Crippen molar-refractivity contribution in [3.05, 3.63) is 29.3 Å². The van der Waals surface area contributed by atoms with E-state index in [9.17, 15) is 4.79 Å². The number of morpholine rings is 1. The van der Waals surface area contributed by atoms with Gasteiger partial charge >= 0.3 is 0 Å². The second-order valence-electron chi connectivity index (χ2n) is 7.52. The van der Waals surface area contributed by atoms with Crippen molar-refractivity contribution in [2.24, 2.45) is 0 Å². The highest BCUT2D eigenvalue weighted by Gasteiger charge is 2.34. The topological polar surface area (TPSA) is 32.8 Å². The highest BCUT2D eigenvalue weighted by atomic mass is 35.5. The van der Waals surface area contributed by atoms with E-state index in [1.807, 2.05) is 31.2 Å². The van der Waals surface area contributed by atoms with Crippen molar-refractivity contribution in [2.75, 3.05) is 26.2 Å². The van der Waals surface area contributed by atoms with E-state index in [2.05, 4.69) is 23.6 Å². The van der Waals surface area contributed by atoms with E-state index in [4.69, 9.17) is 16.3 Å². The van der Waals surface area contributed by atoms with Gasteiger partial charge in [0.1, 0.15) is 0 Å². The van der Waals surface area contributed by atoms with Gasteiger partial charge in [0, 0.05) is 42.1 Å². The molecule has 6 heteroatoms. The summed E-state index contributed by atoms with van der Waals surface area (Å²) in [5.41, 5.74) is 0. The molecule has 0 saturated carbocycles. The molecule has 0 spiro atoms. The number of ether oxygens (including phenoxy) is 1. The Balaban J connectivity index is 1.57. The quantitative estimate of drug-likeness (QED) is 0.706. The molecule has 2 aliphatic heterocycles. The third kappa shape index (κ3) is 5.16. The maximum absolute atomic E-state index is 13.0. The average molecular weight is 397 g/mol. The van der Waals surface area contributed by atoms with Crippen LogP contribution in [0.15, 0.2) is 29.2 Å². The lowest BCUT2D eigenvalue weighted by Gasteiger charge is -2.38. The summed E-state index contributed by atoms with van der Waals surface area (Å²) in [5.74, 6) is 0.252. The van der Waals surface area contributed by atoms with Gasteiger partial charge in [0.05, 0.1) is 17.5 Å². The van der Waals surface area contributed by atoms with Crippen LogP contribution in [0.2, 0.25) is 5.02 Å². The van der Waals surface area contributed by atoms with Crippen LogP contribution in [0.3, 0.4) is 0 Å². The fraction of sp³-hybridized carbons (Fsp3) is 0.650. The lowest BCUT2D eigenvalue weighted by Crippen LogP contribution is -2.51. The predicted octanol–water partition coefficient (Wildman–Crippen LogP) is 3.92. The monoisotopic (exact) mass is 396 g/mol. The van der Waals surface area contributed by atoms with Crippen LogP contribution in [0.1, 0.15) is 33.6 Å². The zero-order valence-electron chi connectivity index (χ0n) is 15.9. The van der Waals surface area contributed by atoms with Gasteiger partial charge in [-0.05, 0) is 57.9 Å². The second-order valence-corrected chi connectivity index (χ2v) is 9.37. The number of amides is 1. The van der Waals surface area contributed by atoms with Crippen LogP contribution in [-0.2, 0) is 9.53 Å². The summed E-state index contributed by atoms with van der Waals surface area (Å²) in [6, 6.07) is 8.04. The number of hydrogen-bond acceptors (Lipinski definition) is 4. The summed E-state index contributed by atoms with van der Waals surface area (Å²) in [6.07, 6.45) is 2.74. The molecule has 4 unspecified atom stereocenters. The van der Waals surface area contributed by atoms with Crippen LogP contribution in [0.5, 0.6) is 0 Å². The molecule has 3 rings (SSSR count). The first kappa shape index (κ1) is 20.0. The standard InChI is InChI=1S/C20H29ClN2O2S/c1-14-11-22(12-15(2)25-14)13-18-5-4-10-23(18)20(24)16(3)26-19-8-6-17(21)7-9-19/h6-9,14-16,18H,4-5,10-13H2,1-3H3. The Morgan fingerprint density at radius 1 is 1.27 bits per heavy atom. The molecular formula is C20H29ClN2O2S. The summed E-state index contributed by atoms with van der Waals surface area (Å²) in [5, 5.41) is 0.640. The van der Waals surface area contributed by atoms with Crippen molar-refractivity contribution in [3.8, 4) is 0 Å². The van der Waals surface area contributed by atoms with Crippen molar-refractivity contribution >= 4 is 29.3 Å². The van der Waals surface area contributed by atoms with Crippen LogP contribution in [-0.4, -0.2) is 65.4 Å². The van der Waals surface area contributed by atoms with Crippen molar-refractivity contribution in [2.45, 2.75) is 62.0 Å². The maximum Gasteiger partial charge on any atom is 0.236 e. The number of carbonyl (C=O) groups is 1. The van der Waals surface area contributed by atoms with E-state index in [1.165, 1.54) is 0 Å². The maximum atomic E-state index is 13.0. The Morgan fingerprint density at radius 3 is 2.58 bits per heavy atom. The van der Waals surface area contributed by atoms with Crippen molar-refractivity contribution in [3.63, 3.8) is 0 Å². The number of carbonyl (C=O) groups excluding carboxylic acids is 1. The summed E-state index contributed by atoms with van der Waals surface area (Å²) in [7, 11) is 0. The van der Waals surface area contributed by atoms with Gasteiger partial charge in [-0.2, -0.15) is 0 Å². The minimum Gasteiger partial charge on any atom is -0.373 e. The number of hydrogen-bond donors (Lipinski definition) is 0. The first-order chi connectivity index (χ1) is 12.4. The Morgan fingerprint density at radius 2 is 1.92 bits per heavy atom. The molecule has 0 aromatic heterocycles. The third-order valence-corrected chi connectivity index (χ3v) is 6.45. The molecule has 4 nitrogen and oxygen atoms in total. The summed E-state index contributed by atoms with van der Waals surface area (Å²) in [6.45, 7) is 10.0. The van der Waals surface area contributed by atoms with E-state index in [0.29, 0.717) is 6.04 Å². The SMILES string of the molecule is CC1CN(CC2CCCN2C(=O)C(C)Sc2ccc(Cl)cc2)CC(C)O1. The second kappa shape index (κ2) is 8.96. The average Bonchev–Trinajstić information content (AvgIpc) is 3.03. The van der Waals surface area contributed by atoms with Gasteiger partial charge in [0.15, 0.2) is 0 Å². The van der Waals surface area contributed by atoms with Gasteiger partial charge in [-0.15, -0.1) is 11.8 Å². The fourth-order valence-corrected chi connectivity index (χ4v) is 5.11. The molecule has 4 atom stereocenters. The summed E-state index contributed by atoms with van der Waals surface area (Å²) >= 11 is 7.56. The van der Waals surface area contributed by atoms with E-state index in [-0.39, 0.29) is 23.4 Å². The van der Waals surface area contributed by atoms with Crippen LogP contribution < -0.4 is 0 Å². The molecule has 1 aromatic rings. The molecule has 2 heterocycles. The molecule has 26 heavy (non-hydrogen) atoms. The molecule has 2 saturated heterocycles. The molecule has 0 N–H and O–H groups in total. The number of likely N-dealkylation sites (tertiary alicyclic amines) is 1. The molecule has 2 fully saturated rings. The van der Waals surface area contributed by atoms with Crippen LogP contribution >= 0.6 is 23.4 Å². The lowest BCUT2D eigenvalue weighted by atomic mass is 10.1. The van der Waals surface area contributed by atoms with E-state index in [1.54, 1.807) is 11.8 Å². The van der Waals surface area contributed by atoms with Crippen molar-refractivity contribution < 1.29 is 9.53 Å². The molecule has 0 aliphatic carbocycles. The minimum atomic E-state index is -0.0840. The summed E-state index contributed by atoms with van der Waals surface area (Å²) in [4.78, 5) is 18.7. The number of thioether (sulfide) groups is 1. The van der Waals surface area contributed by atoms with E-state index < -0.39 is 0 Å². The molecule has 2 aliphatic rings. The van der Waals surface area contributed by atoms with Crippen LogP contribution in [0.25, 0.3) is 0 Å². The minimum absolute atomic E-state index is 0.0840. The molecule has 1 aromatic carbocycles. The first-order valence-electron chi connectivity index (χ1n) is 9.53. The highest BCUT2D eigenvalue weighted by molar-refractivity contribution is 8.00. The Hall–Kier alpha value is -0.750. The largest absolute Gasteiger partial charge is 0.373 e. The zero-order chi connectivity index (χ0) is 18.7. The van der Waals surface area contributed by atoms with Gasteiger partial charge < -0.3 is 9.64 Å². The lowest BCUT2D eigenvalue weighted by molar-refractivity contribution is -0.132. The Labute approximate surface area is 166 Å². The molecular weight excluding hydrogens is 368 g/mol. The predicted molar refractivity (Wildman–Crippen MR) is 108 cm³/mol. The fourth-order valence-electron chi connectivity index (χ4n) is 4.05. The number of halogens is 1. The van der Waals surface area contributed by atoms with Crippen molar-refractivity contribution in [1.82, 2.24) is 9.80 Å². The third-order valence-electron chi connectivity index (χ3n) is 5.10. The van der Waals surface area contributed by atoms with Crippen molar-refractivity contribution in [1.29, 1.82) is 0 Å².